The average Bonchev–Trinajstić information content (AvgIpc) is 2.59. The molecule has 2 aromatic rings. The van der Waals surface area contributed by atoms with Crippen LogP contribution in [-0.4, -0.2) is 40.5 Å². The van der Waals surface area contributed by atoms with Crippen molar-refractivity contribution < 1.29 is 9.53 Å². The van der Waals surface area contributed by atoms with Crippen molar-refractivity contribution in [3.8, 4) is 6.07 Å². The Kier molecular flexibility index (Phi) is 6.44. The number of benzene rings is 1. The Morgan fingerprint density at radius 2 is 2.20 bits per heavy atom. The number of rotatable bonds is 8. The summed E-state index contributed by atoms with van der Waals surface area (Å²) >= 11 is 1.09. The smallest absolute Gasteiger partial charge is 0.262 e. The molecule has 0 aliphatic rings. The topological polar surface area (TPSA) is 109 Å². The molecular formula is C17H18N4O3S. The molecule has 0 bridgehead atoms. The van der Waals surface area contributed by atoms with Gasteiger partial charge in [-0.15, -0.1) is 0 Å². The first-order valence-electron chi connectivity index (χ1n) is 7.58. The van der Waals surface area contributed by atoms with Crippen LogP contribution < -0.4 is 5.56 Å². The highest BCUT2D eigenvalue weighted by molar-refractivity contribution is 7.99. The standard InChI is InChI=1S/C17H18N4O3S/c1-11(19)13(9-18)15(22)10-25-17-20-14-6-4-3-5-12(14)16(23)21(17)7-8-24-2/h3-6,13,19H,7-8,10H2,1-2H3. The van der Waals surface area contributed by atoms with E-state index in [2.05, 4.69) is 4.98 Å². The van der Waals surface area contributed by atoms with E-state index in [9.17, 15) is 9.59 Å². The molecule has 0 saturated carbocycles. The largest absolute Gasteiger partial charge is 0.383 e. The Hall–Kier alpha value is -2.50. The van der Waals surface area contributed by atoms with Crippen molar-refractivity contribution >= 4 is 34.2 Å². The molecule has 1 unspecified atom stereocenters. The number of aromatic nitrogens is 2. The quantitative estimate of drug-likeness (QED) is 0.438. The lowest BCUT2D eigenvalue weighted by Crippen LogP contribution is -2.26. The molecule has 0 spiro atoms. The highest BCUT2D eigenvalue weighted by Gasteiger charge is 2.21. The molecule has 1 aromatic heterocycles. The molecule has 130 valence electrons. The maximum Gasteiger partial charge on any atom is 0.262 e. The van der Waals surface area contributed by atoms with E-state index in [1.165, 1.54) is 11.5 Å². The predicted octanol–water partition coefficient (Wildman–Crippen LogP) is 1.88. The summed E-state index contributed by atoms with van der Waals surface area (Å²) in [7, 11) is 1.54. The second-order valence-corrected chi connectivity index (χ2v) is 6.30. The van der Waals surface area contributed by atoms with Crippen molar-refractivity contribution in [2.75, 3.05) is 19.5 Å². The van der Waals surface area contributed by atoms with Crippen LogP contribution in [-0.2, 0) is 16.1 Å². The van der Waals surface area contributed by atoms with Crippen molar-refractivity contribution in [1.29, 1.82) is 10.7 Å². The number of methoxy groups -OCH3 is 1. The van der Waals surface area contributed by atoms with Crippen LogP contribution >= 0.6 is 11.8 Å². The Morgan fingerprint density at radius 3 is 2.84 bits per heavy atom. The maximum absolute atomic E-state index is 12.7. The number of nitrogens with zero attached hydrogens (tertiary/aromatic N) is 3. The van der Waals surface area contributed by atoms with Crippen molar-refractivity contribution in [3.05, 3.63) is 34.6 Å². The van der Waals surface area contributed by atoms with Crippen LogP contribution in [0.3, 0.4) is 0 Å². The molecule has 0 aliphatic heterocycles. The van der Waals surface area contributed by atoms with E-state index < -0.39 is 5.92 Å². The van der Waals surface area contributed by atoms with Crippen LogP contribution in [0.2, 0.25) is 0 Å². The average molecular weight is 358 g/mol. The number of nitriles is 1. The molecule has 1 aromatic carbocycles. The van der Waals surface area contributed by atoms with E-state index in [4.69, 9.17) is 15.4 Å². The number of Topliss-reactive ketones (excluding diaryl/α,β-unsaturated/α-hetero) is 1. The van der Waals surface area contributed by atoms with Gasteiger partial charge in [-0.25, -0.2) is 4.98 Å². The number of hydrogen-bond acceptors (Lipinski definition) is 7. The minimum atomic E-state index is -1.06. The molecule has 2 rings (SSSR count). The summed E-state index contributed by atoms with van der Waals surface area (Å²) in [6.45, 7) is 2.08. The third-order valence-corrected chi connectivity index (χ3v) is 4.57. The molecule has 0 amide bonds. The van der Waals surface area contributed by atoms with Crippen molar-refractivity contribution in [2.24, 2.45) is 5.92 Å². The lowest BCUT2D eigenvalue weighted by Gasteiger charge is -2.13. The fourth-order valence-corrected chi connectivity index (χ4v) is 3.20. The number of thioether (sulfide) groups is 1. The Balaban J connectivity index is 2.35. The lowest BCUT2D eigenvalue weighted by atomic mass is 10.0. The zero-order chi connectivity index (χ0) is 18.4. The van der Waals surface area contributed by atoms with E-state index in [-0.39, 0.29) is 22.8 Å². The molecule has 0 radical (unpaired) electrons. The van der Waals surface area contributed by atoms with Crippen LogP contribution in [0.1, 0.15) is 6.92 Å². The number of carbonyl (C=O) groups excluding carboxylic acids is 1. The van der Waals surface area contributed by atoms with Gasteiger partial charge in [0.1, 0.15) is 5.92 Å². The third-order valence-electron chi connectivity index (χ3n) is 3.57. The van der Waals surface area contributed by atoms with Gasteiger partial charge in [0.15, 0.2) is 10.9 Å². The summed E-state index contributed by atoms with van der Waals surface area (Å²) in [4.78, 5) is 29.3. The second-order valence-electron chi connectivity index (χ2n) is 5.36. The van der Waals surface area contributed by atoms with E-state index in [1.54, 1.807) is 31.4 Å². The first-order valence-corrected chi connectivity index (χ1v) is 8.56. The van der Waals surface area contributed by atoms with Crippen molar-refractivity contribution in [1.82, 2.24) is 9.55 Å². The van der Waals surface area contributed by atoms with Gasteiger partial charge in [-0.2, -0.15) is 5.26 Å². The van der Waals surface area contributed by atoms with Gasteiger partial charge in [-0.3, -0.25) is 14.2 Å². The van der Waals surface area contributed by atoms with Gasteiger partial charge < -0.3 is 10.1 Å². The molecular weight excluding hydrogens is 340 g/mol. The molecule has 0 saturated heterocycles. The van der Waals surface area contributed by atoms with Gasteiger partial charge in [0.25, 0.3) is 5.56 Å². The summed E-state index contributed by atoms with van der Waals surface area (Å²) in [6, 6.07) is 8.84. The van der Waals surface area contributed by atoms with Gasteiger partial charge in [0.2, 0.25) is 0 Å². The number of ketones is 1. The molecule has 0 fully saturated rings. The van der Waals surface area contributed by atoms with Crippen LogP contribution in [0.15, 0.2) is 34.2 Å². The summed E-state index contributed by atoms with van der Waals surface area (Å²) in [6.07, 6.45) is 0. The molecule has 25 heavy (non-hydrogen) atoms. The molecule has 1 atom stereocenters. The first kappa shape index (κ1) is 18.8. The van der Waals surface area contributed by atoms with Gasteiger partial charge in [0, 0.05) is 12.8 Å². The van der Waals surface area contributed by atoms with E-state index in [0.29, 0.717) is 29.2 Å². The zero-order valence-electron chi connectivity index (χ0n) is 14.0. The number of hydrogen-bond donors (Lipinski definition) is 1. The summed E-state index contributed by atoms with van der Waals surface area (Å²) in [5, 5.41) is 17.4. The monoisotopic (exact) mass is 358 g/mol. The van der Waals surface area contributed by atoms with Gasteiger partial charge in [0.05, 0.1) is 35.9 Å². The first-order chi connectivity index (χ1) is 12.0. The van der Waals surface area contributed by atoms with Gasteiger partial charge in [-0.1, -0.05) is 23.9 Å². The summed E-state index contributed by atoms with van der Waals surface area (Å²) in [5.74, 6) is -1.47. The van der Waals surface area contributed by atoms with Crippen molar-refractivity contribution in [2.45, 2.75) is 18.6 Å². The minimum absolute atomic E-state index is 0.0105. The molecule has 7 nitrogen and oxygen atoms in total. The van der Waals surface area contributed by atoms with Gasteiger partial charge in [-0.05, 0) is 19.1 Å². The summed E-state index contributed by atoms with van der Waals surface area (Å²) < 4.78 is 6.52. The number of carbonyl (C=O) groups is 1. The SMILES string of the molecule is COCCn1c(SCC(=O)C(C#N)C(C)=N)nc2ccccc2c1=O. The van der Waals surface area contributed by atoms with Crippen LogP contribution in [0.5, 0.6) is 0 Å². The number of para-hydroxylation sites is 1. The van der Waals surface area contributed by atoms with Crippen LogP contribution in [0, 0.1) is 22.7 Å². The minimum Gasteiger partial charge on any atom is -0.383 e. The Labute approximate surface area is 149 Å². The van der Waals surface area contributed by atoms with E-state index in [0.717, 1.165) is 11.8 Å². The normalized spacial score (nSPS) is 11.9. The number of nitrogens with one attached hydrogen (secondary N) is 1. The van der Waals surface area contributed by atoms with E-state index in [1.807, 2.05) is 6.07 Å². The van der Waals surface area contributed by atoms with Gasteiger partial charge >= 0.3 is 0 Å². The fraction of sp³-hybridized carbons (Fsp3) is 0.353. The predicted molar refractivity (Wildman–Crippen MR) is 96.1 cm³/mol. The van der Waals surface area contributed by atoms with E-state index >= 15 is 0 Å². The molecule has 1 N–H and O–H groups in total. The highest BCUT2D eigenvalue weighted by atomic mass is 32.2. The number of fused-ring (bicyclic) bond motifs is 1. The zero-order valence-corrected chi connectivity index (χ0v) is 14.8. The van der Waals surface area contributed by atoms with Crippen LogP contribution in [0.4, 0.5) is 0 Å². The maximum atomic E-state index is 12.7. The third kappa shape index (κ3) is 4.32. The number of ether oxygens (including phenoxy) is 1. The molecule has 0 aliphatic carbocycles. The second kappa shape index (κ2) is 8.55. The fourth-order valence-electron chi connectivity index (χ4n) is 2.27. The molecule has 1 heterocycles. The van der Waals surface area contributed by atoms with Crippen LogP contribution in [0.25, 0.3) is 10.9 Å². The Bertz CT molecular complexity index is 901. The molecule has 8 heteroatoms. The lowest BCUT2D eigenvalue weighted by molar-refractivity contribution is -0.117. The summed E-state index contributed by atoms with van der Waals surface area (Å²) in [5.41, 5.74) is 0.366. The Morgan fingerprint density at radius 1 is 1.48 bits per heavy atom. The van der Waals surface area contributed by atoms with Crippen molar-refractivity contribution in [3.63, 3.8) is 0 Å². The highest BCUT2D eigenvalue weighted by Crippen LogP contribution is 2.19.